The zero-order chi connectivity index (χ0) is 14.9. The van der Waals surface area contributed by atoms with Crippen LogP contribution in [0.4, 0.5) is 13.2 Å². The third-order valence-corrected chi connectivity index (χ3v) is 3.07. The lowest BCUT2D eigenvalue weighted by atomic mass is 10.1. The Morgan fingerprint density at radius 1 is 1.25 bits per heavy atom. The zero-order valence-corrected chi connectivity index (χ0v) is 11.4. The van der Waals surface area contributed by atoms with Crippen LogP contribution >= 0.6 is 11.6 Å². The van der Waals surface area contributed by atoms with Crippen LogP contribution in [0.5, 0.6) is 5.75 Å². The number of alkyl halides is 3. The molecule has 0 bridgehead atoms. The normalized spacial score (nSPS) is 11.5. The Bertz CT molecular complexity index is 644. The molecule has 0 fully saturated rings. The maximum atomic E-state index is 13.0. The Balaban J connectivity index is 2.66. The highest BCUT2D eigenvalue weighted by molar-refractivity contribution is 6.30. The fourth-order valence-corrected chi connectivity index (χ4v) is 1.76. The predicted molar refractivity (Wildman–Crippen MR) is 68.8 cm³/mol. The SMILES string of the molecule is COc1ccc(C(F)(F)F)c(-c2ncc(C)c(Cl)n2)c1. The number of rotatable bonds is 2. The number of nitrogens with zero attached hydrogens (tertiary/aromatic N) is 2. The lowest BCUT2D eigenvalue weighted by molar-refractivity contribution is -0.137. The molecule has 0 unspecified atom stereocenters. The molecule has 7 heteroatoms. The van der Waals surface area contributed by atoms with Crippen LogP contribution in [-0.4, -0.2) is 17.1 Å². The lowest BCUT2D eigenvalue weighted by Gasteiger charge is -2.13. The first-order valence-electron chi connectivity index (χ1n) is 5.57. The van der Waals surface area contributed by atoms with Crippen molar-refractivity contribution in [2.75, 3.05) is 7.11 Å². The fourth-order valence-electron chi connectivity index (χ4n) is 1.63. The summed E-state index contributed by atoms with van der Waals surface area (Å²) < 4.78 is 44.0. The number of methoxy groups -OCH3 is 1. The van der Waals surface area contributed by atoms with Crippen molar-refractivity contribution >= 4 is 11.6 Å². The molecule has 2 rings (SSSR count). The molecule has 0 aliphatic carbocycles. The van der Waals surface area contributed by atoms with Crippen LogP contribution < -0.4 is 4.74 Å². The van der Waals surface area contributed by atoms with Crippen molar-refractivity contribution in [3.8, 4) is 17.1 Å². The molecule has 1 aromatic carbocycles. The topological polar surface area (TPSA) is 35.0 Å². The van der Waals surface area contributed by atoms with Gasteiger partial charge in [0.05, 0.1) is 12.7 Å². The van der Waals surface area contributed by atoms with Gasteiger partial charge in [-0.25, -0.2) is 9.97 Å². The lowest BCUT2D eigenvalue weighted by Crippen LogP contribution is -2.08. The summed E-state index contributed by atoms with van der Waals surface area (Å²) in [6.45, 7) is 1.67. The highest BCUT2D eigenvalue weighted by Gasteiger charge is 2.34. The number of halogens is 4. The minimum Gasteiger partial charge on any atom is -0.497 e. The van der Waals surface area contributed by atoms with Gasteiger partial charge >= 0.3 is 6.18 Å². The molecule has 0 atom stereocenters. The number of benzene rings is 1. The van der Waals surface area contributed by atoms with Crippen LogP contribution in [0.2, 0.25) is 5.15 Å². The maximum Gasteiger partial charge on any atom is 0.417 e. The van der Waals surface area contributed by atoms with Crippen molar-refractivity contribution in [1.29, 1.82) is 0 Å². The van der Waals surface area contributed by atoms with Gasteiger partial charge in [-0.3, -0.25) is 0 Å². The van der Waals surface area contributed by atoms with Crippen LogP contribution in [0.25, 0.3) is 11.4 Å². The Kier molecular flexibility index (Phi) is 3.85. The number of hydrogen-bond donors (Lipinski definition) is 0. The van der Waals surface area contributed by atoms with E-state index in [2.05, 4.69) is 9.97 Å². The van der Waals surface area contributed by atoms with Gasteiger partial charge in [-0.1, -0.05) is 11.6 Å². The van der Waals surface area contributed by atoms with Gasteiger partial charge in [0, 0.05) is 17.3 Å². The van der Waals surface area contributed by atoms with Gasteiger partial charge in [0.15, 0.2) is 5.82 Å². The number of hydrogen-bond acceptors (Lipinski definition) is 3. The molecule has 20 heavy (non-hydrogen) atoms. The minimum atomic E-state index is -4.51. The van der Waals surface area contributed by atoms with E-state index in [4.69, 9.17) is 16.3 Å². The Hall–Kier alpha value is -1.82. The molecular formula is C13H10ClF3N2O. The first-order chi connectivity index (χ1) is 9.32. The largest absolute Gasteiger partial charge is 0.497 e. The van der Waals surface area contributed by atoms with E-state index in [9.17, 15) is 13.2 Å². The summed E-state index contributed by atoms with van der Waals surface area (Å²) in [7, 11) is 1.37. The number of aryl methyl sites for hydroxylation is 1. The maximum absolute atomic E-state index is 13.0. The predicted octanol–water partition coefficient (Wildman–Crippen LogP) is 4.13. The van der Waals surface area contributed by atoms with Crippen LogP contribution in [0, 0.1) is 6.92 Å². The third-order valence-electron chi connectivity index (χ3n) is 2.68. The molecule has 1 aromatic heterocycles. The average molecular weight is 303 g/mol. The smallest absolute Gasteiger partial charge is 0.417 e. The van der Waals surface area contributed by atoms with Crippen LogP contribution in [0.1, 0.15) is 11.1 Å². The van der Waals surface area contributed by atoms with Crippen molar-refractivity contribution in [3.63, 3.8) is 0 Å². The Morgan fingerprint density at radius 2 is 1.95 bits per heavy atom. The second-order valence-electron chi connectivity index (χ2n) is 4.08. The van der Waals surface area contributed by atoms with Crippen molar-refractivity contribution in [3.05, 3.63) is 40.7 Å². The molecule has 3 nitrogen and oxygen atoms in total. The summed E-state index contributed by atoms with van der Waals surface area (Å²) in [6.07, 6.45) is -3.13. The third kappa shape index (κ3) is 2.85. The summed E-state index contributed by atoms with van der Waals surface area (Å²) in [5.74, 6) is 0.195. The minimum absolute atomic E-state index is 0.0909. The van der Waals surface area contributed by atoms with E-state index >= 15 is 0 Å². The van der Waals surface area contributed by atoms with Crippen molar-refractivity contribution in [1.82, 2.24) is 9.97 Å². The van der Waals surface area contributed by atoms with Gasteiger partial charge in [0.1, 0.15) is 10.9 Å². The number of aromatic nitrogens is 2. The quantitative estimate of drug-likeness (QED) is 0.782. The van der Waals surface area contributed by atoms with E-state index in [0.717, 1.165) is 6.07 Å². The van der Waals surface area contributed by atoms with E-state index in [1.807, 2.05) is 0 Å². The molecule has 0 aliphatic heterocycles. The first-order valence-corrected chi connectivity index (χ1v) is 5.95. The molecule has 2 aromatic rings. The molecule has 0 radical (unpaired) electrons. The van der Waals surface area contributed by atoms with Gasteiger partial charge in [-0.05, 0) is 25.1 Å². The Labute approximate surface area is 118 Å². The summed E-state index contributed by atoms with van der Waals surface area (Å²) in [5.41, 5.74) is -0.413. The van der Waals surface area contributed by atoms with E-state index in [1.54, 1.807) is 6.92 Å². The van der Waals surface area contributed by atoms with E-state index in [-0.39, 0.29) is 22.3 Å². The summed E-state index contributed by atoms with van der Waals surface area (Å²) in [4.78, 5) is 7.80. The molecule has 1 heterocycles. The molecule has 0 saturated heterocycles. The van der Waals surface area contributed by atoms with Crippen LogP contribution in [0.3, 0.4) is 0 Å². The van der Waals surface area contributed by atoms with E-state index < -0.39 is 11.7 Å². The Morgan fingerprint density at radius 3 is 2.50 bits per heavy atom. The van der Waals surface area contributed by atoms with Crippen molar-refractivity contribution < 1.29 is 17.9 Å². The van der Waals surface area contributed by atoms with Gasteiger partial charge < -0.3 is 4.74 Å². The molecular weight excluding hydrogens is 293 g/mol. The highest BCUT2D eigenvalue weighted by Crippen LogP contribution is 2.38. The van der Waals surface area contributed by atoms with Gasteiger partial charge in [-0.2, -0.15) is 13.2 Å². The van der Waals surface area contributed by atoms with Gasteiger partial charge in [0.25, 0.3) is 0 Å². The molecule has 106 valence electrons. The molecule has 0 spiro atoms. The summed E-state index contributed by atoms with van der Waals surface area (Å²) >= 11 is 5.84. The van der Waals surface area contributed by atoms with E-state index in [0.29, 0.717) is 5.56 Å². The molecule has 0 N–H and O–H groups in total. The highest BCUT2D eigenvalue weighted by atomic mass is 35.5. The van der Waals surface area contributed by atoms with Crippen LogP contribution in [-0.2, 0) is 6.18 Å². The molecule has 0 amide bonds. The summed E-state index contributed by atoms with van der Waals surface area (Å²) in [6, 6.07) is 3.41. The second kappa shape index (κ2) is 5.28. The van der Waals surface area contributed by atoms with Crippen molar-refractivity contribution in [2.24, 2.45) is 0 Å². The fraction of sp³-hybridized carbons (Fsp3) is 0.231. The monoisotopic (exact) mass is 302 g/mol. The molecule has 0 saturated carbocycles. The second-order valence-corrected chi connectivity index (χ2v) is 4.43. The molecule has 0 aliphatic rings. The first kappa shape index (κ1) is 14.6. The standard InChI is InChI=1S/C13H10ClF3N2O/c1-7-6-18-12(19-11(7)14)9-5-8(20-2)3-4-10(9)13(15,16)17/h3-6H,1-2H3. The van der Waals surface area contributed by atoms with Crippen LogP contribution in [0.15, 0.2) is 24.4 Å². The van der Waals surface area contributed by atoms with Gasteiger partial charge in [0.2, 0.25) is 0 Å². The average Bonchev–Trinajstić information content (AvgIpc) is 2.40. The number of ether oxygens (including phenoxy) is 1. The summed E-state index contributed by atoms with van der Waals surface area (Å²) in [5, 5.41) is 0.117. The van der Waals surface area contributed by atoms with Gasteiger partial charge in [-0.15, -0.1) is 0 Å². The van der Waals surface area contributed by atoms with Crippen molar-refractivity contribution in [2.45, 2.75) is 13.1 Å². The van der Waals surface area contributed by atoms with E-state index in [1.165, 1.54) is 25.4 Å². The zero-order valence-electron chi connectivity index (χ0n) is 10.6.